The standard InChI is InChI=1S/C29H38ClN3O4/c1-29(2,3)37-28(35)33-17-13-24(14-18-33)36-26-10-9-22(19-25(26)30)27(34)31-23-11-15-32(16-12-23)20-21-7-5-4-6-8-21/h4-10,19,23-24H,11-18,20H2,1-3H3,(H,31,34). The van der Waals surface area contributed by atoms with Crippen molar-refractivity contribution in [2.75, 3.05) is 26.2 Å². The topological polar surface area (TPSA) is 71.1 Å². The smallest absolute Gasteiger partial charge is 0.410 e. The number of likely N-dealkylation sites (tertiary alicyclic amines) is 2. The van der Waals surface area contributed by atoms with E-state index in [9.17, 15) is 9.59 Å². The fourth-order valence-corrected chi connectivity index (χ4v) is 4.97. The molecule has 37 heavy (non-hydrogen) atoms. The van der Waals surface area contributed by atoms with Crippen molar-refractivity contribution in [3.8, 4) is 5.75 Å². The number of hydrogen-bond donors (Lipinski definition) is 1. The van der Waals surface area contributed by atoms with Gasteiger partial charge in [0.2, 0.25) is 0 Å². The van der Waals surface area contributed by atoms with Crippen LogP contribution >= 0.6 is 11.6 Å². The van der Waals surface area contributed by atoms with Gasteiger partial charge in [-0.3, -0.25) is 9.69 Å². The molecular weight excluding hydrogens is 490 g/mol. The first kappa shape index (κ1) is 27.3. The van der Waals surface area contributed by atoms with Crippen LogP contribution in [0.4, 0.5) is 4.79 Å². The fourth-order valence-electron chi connectivity index (χ4n) is 4.75. The summed E-state index contributed by atoms with van der Waals surface area (Å²) < 4.78 is 11.6. The minimum atomic E-state index is -0.508. The predicted molar refractivity (Wildman–Crippen MR) is 145 cm³/mol. The molecule has 0 saturated carbocycles. The summed E-state index contributed by atoms with van der Waals surface area (Å²) in [4.78, 5) is 29.3. The van der Waals surface area contributed by atoms with Gasteiger partial charge in [-0.15, -0.1) is 0 Å². The number of hydrogen-bond acceptors (Lipinski definition) is 5. The summed E-state index contributed by atoms with van der Waals surface area (Å²) in [6, 6.07) is 15.8. The average Bonchev–Trinajstić information content (AvgIpc) is 2.86. The van der Waals surface area contributed by atoms with Gasteiger partial charge < -0.3 is 19.7 Å². The van der Waals surface area contributed by atoms with Gasteiger partial charge in [-0.1, -0.05) is 41.9 Å². The van der Waals surface area contributed by atoms with Gasteiger partial charge in [0.25, 0.3) is 5.91 Å². The van der Waals surface area contributed by atoms with E-state index in [1.54, 1.807) is 23.1 Å². The molecule has 2 aliphatic heterocycles. The van der Waals surface area contributed by atoms with E-state index in [4.69, 9.17) is 21.1 Å². The Labute approximate surface area is 225 Å². The zero-order valence-electron chi connectivity index (χ0n) is 22.0. The molecule has 2 heterocycles. The van der Waals surface area contributed by atoms with E-state index in [0.717, 1.165) is 32.5 Å². The van der Waals surface area contributed by atoms with E-state index in [1.807, 2.05) is 26.8 Å². The molecule has 7 nitrogen and oxygen atoms in total. The lowest BCUT2D eigenvalue weighted by atomic mass is 10.0. The normalized spacial score (nSPS) is 17.9. The molecule has 0 atom stereocenters. The molecule has 0 aromatic heterocycles. The first-order chi connectivity index (χ1) is 17.7. The summed E-state index contributed by atoms with van der Waals surface area (Å²) in [5.41, 5.74) is 1.34. The van der Waals surface area contributed by atoms with E-state index < -0.39 is 5.60 Å². The lowest BCUT2D eigenvalue weighted by Gasteiger charge is -2.33. The molecule has 2 fully saturated rings. The second-order valence-corrected chi connectivity index (χ2v) is 11.3. The van der Waals surface area contributed by atoms with E-state index in [-0.39, 0.29) is 24.1 Å². The predicted octanol–water partition coefficient (Wildman–Crippen LogP) is 5.51. The summed E-state index contributed by atoms with van der Waals surface area (Å²) in [7, 11) is 0. The van der Waals surface area contributed by atoms with E-state index in [0.29, 0.717) is 42.3 Å². The number of benzene rings is 2. The van der Waals surface area contributed by atoms with Gasteiger partial charge in [0.15, 0.2) is 0 Å². The number of nitrogens with zero attached hydrogens (tertiary/aromatic N) is 2. The Hall–Kier alpha value is -2.77. The number of amides is 2. The highest BCUT2D eigenvalue weighted by Gasteiger charge is 2.28. The van der Waals surface area contributed by atoms with Crippen LogP contribution in [0.2, 0.25) is 5.02 Å². The number of carbonyl (C=O) groups excluding carboxylic acids is 2. The molecule has 2 aromatic rings. The number of nitrogens with one attached hydrogen (secondary N) is 1. The van der Waals surface area contributed by atoms with Crippen molar-refractivity contribution in [2.24, 2.45) is 0 Å². The van der Waals surface area contributed by atoms with Crippen molar-refractivity contribution in [1.82, 2.24) is 15.1 Å². The van der Waals surface area contributed by atoms with Crippen LogP contribution < -0.4 is 10.1 Å². The highest BCUT2D eigenvalue weighted by Crippen LogP contribution is 2.29. The van der Waals surface area contributed by atoms with Crippen LogP contribution in [0, 0.1) is 0 Å². The van der Waals surface area contributed by atoms with Gasteiger partial charge in [-0.2, -0.15) is 0 Å². The van der Waals surface area contributed by atoms with Gasteiger partial charge in [0.05, 0.1) is 5.02 Å². The van der Waals surface area contributed by atoms with Crippen LogP contribution in [0.5, 0.6) is 5.75 Å². The van der Waals surface area contributed by atoms with E-state index in [2.05, 4.69) is 34.5 Å². The van der Waals surface area contributed by atoms with Gasteiger partial charge in [-0.25, -0.2) is 4.79 Å². The minimum Gasteiger partial charge on any atom is -0.489 e. The van der Waals surface area contributed by atoms with Crippen LogP contribution in [0.25, 0.3) is 0 Å². The van der Waals surface area contributed by atoms with Gasteiger partial charge in [-0.05, 0) is 57.4 Å². The number of rotatable bonds is 6. The maximum atomic E-state index is 12.9. The van der Waals surface area contributed by atoms with Crippen molar-refractivity contribution in [2.45, 2.75) is 70.7 Å². The molecule has 2 aliphatic rings. The third kappa shape index (κ3) is 8.11. The number of carbonyl (C=O) groups is 2. The van der Waals surface area contributed by atoms with E-state index >= 15 is 0 Å². The summed E-state index contributed by atoms with van der Waals surface area (Å²) in [6.07, 6.45) is 2.91. The van der Waals surface area contributed by atoms with Gasteiger partial charge in [0.1, 0.15) is 17.5 Å². The Kier molecular flexibility index (Phi) is 8.98. The molecule has 2 saturated heterocycles. The van der Waals surface area contributed by atoms with Crippen molar-refractivity contribution >= 4 is 23.6 Å². The van der Waals surface area contributed by atoms with Crippen molar-refractivity contribution in [3.63, 3.8) is 0 Å². The van der Waals surface area contributed by atoms with Crippen LogP contribution in [0.3, 0.4) is 0 Å². The quantitative estimate of drug-likeness (QED) is 0.536. The molecular formula is C29H38ClN3O4. The average molecular weight is 528 g/mol. The molecule has 8 heteroatoms. The second kappa shape index (κ2) is 12.2. The number of halogens is 1. The Balaban J connectivity index is 1.22. The highest BCUT2D eigenvalue weighted by atomic mass is 35.5. The summed E-state index contributed by atoms with van der Waals surface area (Å²) in [6.45, 7) is 9.59. The first-order valence-corrected chi connectivity index (χ1v) is 13.6. The largest absolute Gasteiger partial charge is 0.489 e. The molecule has 0 unspecified atom stereocenters. The van der Waals surface area contributed by atoms with Crippen molar-refractivity contribution in [3.05, 3.63) is 64.7 Å². The molecule has 1 N–H and O–H groups in total. The fraction of sp³-hybridized carbons (Fsp3) is 0.517. The zero-order valence-corrected chi connectivity index (χ0v) is 22.8. The highest BCUT2D eigenvalue weighted by molar-refractivity contribution is 6.32. The van der Waals surface area contributed by atoms with Crippen molar-refractivity contribution in [1.29, 1.82) is 0 Å². The lowest BCUT2D eigenvalue weighted by Crippen LogP contribution is -2.44. The monoisotopic (exact) mass is 527 g/mol. The Bertz CT molecular complexity index is 1060. The molecule has 0 radical (unpaired) electrons. The first-order valence-electron chi connectivity index (χ1n) is 13.2. The van der Waals surface area contributed by atoms with Crippen LogP contribution in [-0.4, -0.2) is 65.7 Å². The zero-order chi connectivity index (χ0) is 26.4. The van der Waals surface area contributed by atoms with E-state index in [1.165, 1.54) is 5.56 Å². The second-order valence-electron chi connectivity index (χ2n) is 10.9. The number of ether oxygens (including phenoxy) is 2. The summed E-state index contributed by atoms with van der Waals surface area (Å²) in [5, 5.41) is 3.58. The molecule has 2 aromatic carbocycles. The number of piperidine rings is 2. The van der Waals surface area contributed by atoms with Crippen LogP contribution in [-0.2, 0) is 11.3 Å². The molecule has 0 aliphatic carbocycles. The maximum absolute atomic E-state index is 12.9. The Morgan fingerprint density at radius 3 is 2.27 bits per heavy atom. The maximum Gasteiger partial charge on any atom is 0.410 e. The Morgan fingerprint density at radius 1 is 0.973 bits per heavy atom. The lowest BCUT2D eigenvalue weighted by molar-refractivity contribution is 0.0126. The van der Waals surface area contributed by atoms with Gasteiger partial charge in [0, 0.05) is 57.2 Å². The van der Waals surface area contributed by atoms with Gasteiger partial charge >= 0.3 is 6.09 Å². The Morgan fingerprint density at radius 2 is 1.65 bits per heavy atom. The molecule has 200 valence electrons. The molecule has 2 amide bonds. The SMILES string of the molecule is CC(C)(C)OC(=O)N1CCC(Oc2ccc(C(=O)NC3CCN(Cc4ccccc4)CC3)cc2Cl)CC1. The molecule has 0 spiro atoms. The van der Waals surface area contributed by atoms with Crippen LogP contribution in [0.15, 0.2) is 48.5 Å². The van der Waals surface area contributed by atoms with Crippen molar-refractivity contribution < 1.29 is 19.1 Å². The summed E-state index contributed by atoms with van der Waals surface area (Å²) >= 11 is 6.49. The summed E-state index contributed by atoms with van der Waals surface area (Å²) in [5.74, 6) is 0.448. The molecule has 4 rings (SSSR count). The minimum absolute atomic E-state index is 0.0445. The third-order valence-electron chi connectivity index (χ3n) is 6.75. The third-order valence-corrected chi connectivity index (χ3v) is 7.05. The van der Waals surface area contributed by atoms with Crippen LogP contribution in [0.1, 0.15) is 62.4 Å². The molecule has 0 bridgehead atoms.